The summed E-state index contributed by atoms with van der Waals surface area (Å²) in [7, 11) is 0. The third-order valence-corrected chi connectivity index (χ3v) is 0.613. The lowest BCUT2D eigenvalue weighted by Gasteiger charge is -1.76. The van der Waals surface area contributed by atoms with E-state index in [0.29, 0.717) is 0 Å². The molecule has 13 heavy (non-hydrogen) atoms. The molecule has 0 aromatic rings. The van der Waals surface area contributed by atoms with E-state index in [1.807, 2.05) is 0 Å². The number of hydrogen-bond acceptors (Lipinski definition) is 3. The molecule has 0 rings (SSSR count). The van der Waals surface area contributed by atoms with Crippen LogP contribution in [-0.2, 0) is 14.4 Å². The van der Waals surface area contributed by atoms with Gasteiger partial charge in [-0.3, -0.25) is 14.4 Å². The Balaban J connectivity index is 0. The third kappa shape index (κ3) is 25.7. The van der Waals surface area contributed by atoms with Crippen LogP contribution in [0, 0.1) is 0 Å². The lowest BCUT2D eigenvalue weighted by Crippen LogP contribution is -2.10. The summed E-state index contributed by atoms with van der Waals surface area (Å²) in [5.74, 6) is -1.84. The number of hydrogen-bond donors (Lipinski definition) is 3. The summed E-state index contributed by atoms with van der Waals surface area (Å²) in [6.45, 7) is 3.09. The highest BCUT2D eigenvalue weighted by molar-refractivity contribution is 5.95. The molecule has 3 amide bonds. The Kier molecular flexibility index (Phi) is 8.28. The molecule has 0 aromatic carbocycles. The summed E-state index contributed by atoms with van der Waals surface area (Å²) in [5.41, 5.74) is 13.7. The average Bonchev–Trinajstić information content (AvgIpc) is 2.02. The van der Waals surface area contributed by atoms with Crippen LogP contribution in [-0.4, -0.2) is 17.7 Å². The minimum atomic E-state index is -0.677. The smallest absolute Gasteiger partial charge is 0.241 e. The molecule has 0 saturated carbocycles. The average molecular weight is 185 g/mol. The van der Waals surface area contributed by atoms with E-state index in [1.165, 1.54) is 0 Å². The Labute approximate surface area is 75.1 Å². The standard InChI is InChI=1S/C4H6N2O2.C3H5NO/c5-3(7)1-2-4(6)8;1-2-3(4)5/h1-2H,(H2,5,7)(H2,6,8);2H,1H2,(H2,4,5)/b2-1+;. The Bertz CT molecular complexity index is 229. The van der Waals surface area contributed by atoms with Crippen molar-refractivity contribution < 1.29 is 14.4 Å². The van der Waals surface area contributed by atoms with Crippen molar-refractivity contribution >= 4 is 17.7 Å². The highest BCUT2D eigenvalue weighted by Gasteiger charge is 1.83. The Hall–Kier alpha value is -2.11. The predicted octanol–water partition coefficient (Wildman–Crippen LogP) is -1.83. The van der Waals surface area contributed by atoms with Crippen molar-refractivity contribution in [3.05, 3.63) is 24.8 Å². The quantitative estimate of drug-likeness (QED) is 0.447. The number of carbonyl (C=O) groups is 3. The van der Waals surface area contributed by atoms with Crippen LogP contribution in [0.5, 0.6) is 0 Å². The first-order valence-corrected chi connectivity index (χ1v) is 3.09. The van der Waals surface area contributed by atoms with E-state index in [9.17, 15) is 14.4 Å². The van der Waals surface area contributed by atoms with Gasteiger partial charge in [-0.05, 0) is 6.08 Å². The van der Waals surface area contributed by atoms with Gasteiger partial charge < -0.3 is 17.2 Å². The van der Waals surface area contributed by atoms with E-state index in [1.54, 1.807) is 0 Å². The molecule has 6 heteroatoms. The van der Waals surface area contributed by atoms with Gasteiger partial charge in [0.15, 0.2) is 0 Å². The van der Waals surface area contributed by atoms with Crippen molar-refractivity contribution in [1.29, 1.82) is 0 Å². The van der Waals surface area contributed by atoms with Gasteiger partial charge in [-0.15, -0.1) is 0 Å². The Morgan fingerprint density at radius 2 is 1.08 bits per heavy atom. The fraction of sp³-hybridized carbons (Fsp3) is 0. The molecule has 0 spiro atoms. The molecule has 0 heterocycles. The molecule has 0 radical (unpaired) electrons. The van der Waals surface area contributed by atoms with Gasteiger partial charge in [-0.2, -0.15) is 0 Å². The van der Waals surface area contributed by atoms with Crippen molar-refractivity contribution in [3.8, 4) is 0 Å². The van der Waals surface area contributed by atoms with Crippen LogP contribution in [0.4, 0.5) is 0 Å². The van der Waals surface area contributed by atoms with Gasteiger partial charge in [-0.1, -0.05) is 6.58 Å². The first-order valence-electron chi connectivity index (χ1n) is 3.09. The molecule has 0 fully saturated rings. The highest BCUT2D eigenvalue weighted by atomic mass is 16.2. The van der Waals surface area contributed by atoms with Gasteiger partial charge in [0, 0.05) is 12.2 Å². The lowest BCUT2D eigenvalue weighted by molar-refractivity contribution is -0.115. The van der Waals surface area contributed by atoms with Crippen LogP contribution >= 0.6 is 0 Å². The van der Waals surface area contributed by atoms with Gasteiger partial charge in [0.25, 0.3) is 0 Å². The van der Waals surface area contributed by atoms with E-state index >= 15 is 0 Å². The summed E-state index contributed by atoms with van der Waals surface area (Å²) >= 11 is 0. The van der Waals surface area contributed by atoms with E-state index in [2.05, 4.69) is 23.8 Å². The number of primary amides is 3. The highest BCUT2D eigenvalue weighted by Crippen LogP contribution is 1.65. The minimum Gasteiger partial charge on any atom is -0.366 e. The largest absolute Gasteiger partial charge is 0.366 e. The number of rotatable bonds is 3. The maximum Gasteiger partial charge on any atom is 0.241 e. The van der Waals surface area contributed by atoms with Gasteiger partial charge >= 0.3 is 0 Å². The Morgan fingerprint density at radius 1 is 0.846 bits per heavy atom. The molecule has 0 aliphatic rings. The Morgan fingerprint density at radius 3 is 1.15 bits per heavy atom. The van der Waals surface area contributed by atoms with Crippen molar-refractivity contribution in [1.82, 2.24) is 0 Å². The zero-order chi connectivity index (χ0) is 10.9. The normalized spacial score (nSPS) is 8.31. The number of nitrogens with two attached hydrogens (primary N) is 3. The van der Waals surface area contributed by atoms with Gasteiger partial charge in [0.1, 0.15) is 0 Å². The van der Waals surface area contributed by atoms with Crippen molar-refractivity contribution in [3.63, 3.8) is 0 Å². The van der Waals surface area contributed by atoms with Crippen molar-refractivity contribution in [2.24, 2.45) is 17.2 Å². The summed E-state index contributed by atoms with van der Waals surface area (Å²) in [5, 5.41) is 0. The molecular weight excluding hydrogens is 174 g/mol. The SMILES string of the molecule is C=CC(N)=O.NC(=O)/C=C/C(N)=O. The van der Waals surface area contributed by atoms with E-state index in [-0.39, 0.29) is 0 Å². The fourth-order valence-electron chi connectivity index (χ4n) is 0.164. The zero-order valence-electron chi connectivity index (χ0n) is 6.90. The van der Waals surface area contributed by atoms with Crippen LogP contribution in [0.1, 0.15) is 0 Å². The number of amides is 3. The summed E-state index contributed by atoms with van der Waals surface area (Å²) < 4.78 is 0. The maximum atomic E-state index is 9.83. The molecule has 72 valence electrons. The number of carbonyl (C=O) groups excluding carboxylic acids is 3. The molecule has 6 nitrogen and oxygen atoms in total. The third-order valence-electron chi connectivity index (χ3n) is 0.613. The summed E-state index contributed by atoms with van der Waals surface area (Å²) in [6.07, 6.45) is 2.87. The molecule has 0 aromatic heterocycles. The van der Waals surface area contributed by atoms with Crippen molar-refractivity contribution in [2.45, 2.75) is 0 Å². The van der Waals surface area contributed by atoms with Crippen LogP contribution in [0.3, 0.4) is 0 Å². The predicted molar refractivity (Wildman–Crippen MR) is 46.9 cm³/mol. The molecule has 0 atom stereocenters. The topological polar surface area (TPSA) is 129 Å². The van der Waals surface area contributed by atoms with Crippen LogP contribution in [0.15, 0.2) is 24.8 Å². The first-order chi connectivity index (χ1) is 5.90. The zero-order valence-corrected chi connectivity index (χ0v) is 6.90. The fourth-order valence-corrected chi connectivity index (χ4v) is 0.164. The minimum absolute atomic E-state index is 0.481. The molecule has 0 saturated heterocycles. The second-order valence-corrected chi connectivity index (χ2v) is 1.74. The van der Waals surface area contributed by atoms with Crippen LogP contribution < -0.4 is 17.2 Å². The maximum absolute atomic E-state index is 9.83. The summed E-state index contributed by atoms with van der Waals surface area (Å²) in [6, 6.07) is 0. The molecular formula is C7H11N3O3. The van der Waals surface area contributed by atoms with E-state index in [0.717, 1.165) is 18.2 Å². The van der Waals surface area contributed by atoms with E-state index < -0.39 is 17.7 Å². The van der Waals surface area contributed by atoms with Crippen molar-refractivity contribution in [2.75, 3.05) is 0 Å². The second kappa shape index (κ2) is 7.99. The van der Waals surface area contributed by atoms with Crippen LogP contribution in [0.25, 0.3) is 0 Å². The second-order valence-electron chi connectivity index (χ2n) is 1.74. The van der Waals surface area contributed by atoms with Gasteiger partial charge in [0.2, 0.25) is 17.7 Å². The summed E-state index contributed by atoms with van der Waals surface area (Å²) in [4.78, 5) is 29.1. The van der Waals surface area contributed by atoms with Gasteiger partial charge in [0.05, 0.1) is 0 Å². The van der Waals surface area contributed by atoms with Gasteiger partial charge in [-0.25, -0.2) is 0 Å². The molecule has 0 aliphatic carbocycles. The molecule has 6 N–H and O–H groups in total. The van der Waals surface area contributed by atoms with Crippen LogP contribution in [0.2, 0.25) is 0 Å². The lowest BCUT2D eigenvalue weighted by atomic mass is 10.5. The van der Waals surface area contributed by atoms with E-state index in [4.69, 9.17) is 0 Å². The molecule has 0 bridgehead atoms. The first kappa shape index (κ1) is 13.5. The monoisotopic (exact) mass is 185 g/mol. The molecule has 0 aliphatic heterocycles. The molecule has 0 unspecified atom stereocenters.